The van der Waals surface area contributed by atoms with E-state index < -0.39 is 0 Å². The molecule has 3 heterocycles. The highest BCUT2D eigenvalue weighted by molar-refractivity contribution is 5.97. The minimum atomic E-state index is -0.119. The summed E-state index contributed by atoms with van der Waals surface area (Å²) >= 11 is 0. The van der Waals surface area contributed by atoms with E-state index in [-0.39, 0.29) is 17.9 Å². The van der Waals surface area contributed by atoms with Gasteiger partial charge in [0, 0.05) is 44.5 Å². The number of hydrogen-bond donors (Lipinski definition) is 1. The largest absolute Gasteiger partial charge is 0.368 e. The second-order valence-electron chi connectivity index (χ2n) is 8.20. The molecule has 0 bridgehead atoms. The predicted octanol–water partition coefficient (Wildman–Crippen LogP) is 2.07. The van der Waals surface area contributed by atoms with E-state index in [1.54, 1.807) is 0 Å². The van der Waals surface area contributed by atoms with Crippen molar-refractivity contribution in [3.63, 3.8) is 0 Å². The van der Waals surface area contributed by atoms with Crippen LogP contribution in [0.2, 0.25) is 0 Å². The molecule has 0 spiro atoms. The molecule has 7 heteroatoms. The van der Waals surface area contributed by atoms with E-state index >= 15 is 0 Å². The molecule has 2 aromatic rings. The first-order valence-electron chi connectivity index (χ1n) is 10.7. The number of piperazine rings is 1. The van der Waals surface area contributed by atoms with Crippen LogP contribution in [0.5, 0.6) is 0 Å². The molecule has 2 fully saturated rings. The summed E-state index contributed by atoms with van der Waals surface area (Å²) in [5.74, 6) is 0.270. The number of fused-ring (bicyclic) bond motifs is 1. The number of nitrogens with zero attached hydrogens (tertiary/aromatic N) is 4. The predicted molar refractivity (Wildman–Crippen MR) is 110 cm³/mol. The number of carbonyl (C=O) groups excluding carboxylic acids is 2. The van der Waals surface area contributed by atoms with E-state index in [1.165, 1.54) is 5.69 Å². The summed E-state index contributed by atoms with van der Waals surface area (Å²) in [5.41, 5.74) is 2.58. The Balaban J connectivity index is 1.33. The van der Waals surface area contributed by atoms with Gasteiger partial charge in [0.25, 0.3) is 11.8 Å². The summed E-state index contributed by atoms with van der Waals surface area (Å²) in [5, 5.41) is 3.03. The SMILES string of the molecule is O=C(NC1CC1)c1nc(C(=O)N2CCN(c3ccccc3)CC2)n2c1CCCC2. The lowest BCUT2D eigenvalue weighted by molar-refractivity contribution is 0.0728. The molecule has 7 nitrogen and oxygen atoms in total. The average molecular weight is 393 g/mol. The maximum absolute atomic E-state index is 13.3. The van der Waals surface area contributed by atoms with Gasteiger partial charge in [0.05, 0.1) is 5.69 Å². The molecule has 1 saturated carbocycles. The number of hydrogen-bond acceptors (Lipinski definition) is 4. The van der Waals surface area contributed by atoms with E-state index in [2.05, 4.69) is 27.3 Å². The van der Waals surface area contributed by atoms with E-state index in [1.807, 2.05) is 27.7 Å². The monoisotopic (exact) mass is 393 g/mol. The second-order valence-corrected chi connectivity index (χ2v) is 8.20. The molecule has 2 aliphatic heterocycles. The van der Waals surface area contributed by atoms with Crippen molar-refractivity contribution in [3.8, 4) is 0 Å². The van der Waals surface area contributed by atoms with Crippen LogP contribution in [0.3, 0.4) is 0 Å². The van der Waals surface area contributed by atoms with Crippen molar-refractivity contribution in [2.24, 2.45) is 0 Å². The Morgan fingerprint density at radius 1 is 0.966 bits per heavy atom. The lowest BCUT2D eigenvalue weighted by atomic mass is 10.1. The molecule has 0 unspecified atom stereocenters. The van der Waals surface area contributed by atoms with Gasteiger partial charge in [0.1, 0.15) is 5.69 Å². The lowest BCUT2D eigenvalue weighted by Gasteiger charge is -2.36. The van der Waals surface area contributed by atoms with Gasteiger partial charge in [-0.05, 0) is 44.2 Å². The number of para-hydroxylation sites is 1. The molecule has 5 rings (SSSR count). The van der Waals surface area contributed by atoms with Gasteiger partial charge in [-0.25, -0.2) is 4.98 Å². The Bertz CT molecular complexity index is 911. The third-order valence-electron chi connectivity index (χ3n) is 6.12. The van der Waals surface area contributed by atoms with Crippen molar-refractivity contribution in [2.75, 3.05) is 31.1 Å². The number of amides is 2. The van der Waals surface area contributed by atoms with Gasteiger partial charge < -0.3 is 19.7 Å². The number of aromatic nitrogens is 2. The molecule has 1 aliphatic carbocycles. The molecule has 1 saturated heterocycles. The highest BCUT2D eigenvalue weighted by atomic mass is 16.2. The molecule has 3 aliphatic rings. The van der Waals surface area contributed by atoms with Crippen molar-refractivity contribution < 1.29 is 9.59 Å². The number of carbonyl (C=O) groups is 2. The van der Waals surface area contributed by atoms with Crippen LogP contribution in [0, 0.1) is 0 Å². The molecule has 1 N–H and O–H groups in total. The third kappa shape index (κ3) is 3.61. The van der Waals surface area contributed by atoms with Crippen molar-refractivity contribution in [1.82, 2.24) is 19.8 Å². The Hall–Kier alpha value is -2.83. The number of rotatable bonds is 4. The van der Waals surface area contributed by atoms with Gasteiger partial charge in [-0.1, -0.05) is 18.2 Å². The second kappa shape index (κ2) is 7.54. The van der Waals surface area contributed by atoms with E-state index in [0.29, 0.717) is 24.6 Å². The van der Waals surface area contributed by atoms with Crippen molar-refractivity contribution >= 4 is 17.5 Å². The average Bonchev–Trinajstić information content (AvgIpc) is 3.50. The molecule has 152 valence electrons. The molecule has 0 radical (unpaired) electrons. The summed E-state index contributed by atoms with van der Waals surface area (Å²) < 4.78 is 2.00. The third-order valence-corrected chi connectivity index (χ3v) is 6.12. The van der Waals surface area contributed by atoms with Crippen LogP contribution >= 0.6 is 0 Å². The van der Waals surface area contributed by atoms with E-state index in [4.69, 9.17) is 0 Å². The zero-order chi connectivity index (χ0) is 19.8. The van der Waals surface area contributed by atoms with Gasteiger partial charge in [0.2, 0.25) is 0 Å². The van der Waals surface area contributed by atoms with Crippen LogP contribution in [0.1, 0.15) is 52.5 Å². The van der Waals surface area contributed by atoms with Crippen LogP contribution in [-0.4, -0.2) is 58.5 Å². The van der Waals surface area contributed by atoms with Gasteiger partial charge in [-0.3, -0.25) is 9.59 Å². The molecule has 0 atom stereocenters. The summed E-state index contributed by atoms with van der Waals surface area (Å²) in [6, 6.07) is 10.6. The normalized spacial score (nSPS) is 19.0. The van der Waals surface area contributed by atoms with E-state index in [9.17, 15) is 9.59 Å². The standard InChI is InChI=1S/C22H27N5O2/c28-21(23-16-9-10-16)19-18-8-4-5-11-27(18)20(24-19)22(29)26-14-12-25(13-15-26)17-6-2-1-3-7-17/h1-3,6-7,16H,4-5,8-15H2,(H,23,28). The van der Waals surface area contributed by atoms with Gasteiger partial charge in [-0.2, -0.15) is 0 Å². The van der Waals surface area contributed by atoms with Crippen LogP contribution in [0.4, 0.5) is 5.69 Å². The van der Waals surface area contributed by atoms with Crippen LogP contribution in [0.25, 0.3) is 0 Å². The quantitative estimate of drug-likeness (QED) is 0.863. The first-order chi connectivity index (χ1) is 14.2. The maximum atomic E-state index is 13.3. The Morgan fingerprint density at radius 3 is 2.45 bits per heavy atom. The first kappa shape index (κ1) is 18.2. The summed E-state index contributed by atoms with van der Waals surface area (Å²) in [7, 11) is 0. The number of nitrogens with one attached hydrogen (secondary N) is 1. The Kier molecular flexibility index (Phi) is 4.73. The number of imidazole rings is 1. The Morgan fingerprint density at radius 2 is 1.72 bits per heavy atom. The van der Waals surface area contributed by atoms with Gasteiger partial charge in [0.15, 0.2) is 5.82 Å². The van der Waals surface area contributed by atoms with E-state index in [0.717, 1.165) is 57.4 Å². The smallest absolute Gasteiger partial charge is 0.290 e. The van der Waals surface area contributed by atoms with Crippen LogP contribution in [-0.2, 0) is 13.0 Å². The molecule has 1 aromatic carbocycles. The maximum Gasteiger partial charge on any atom is 0.290 e. The zero-order valence-electron chi connectivity index (χ0n) is 16.6. The minimum absolute atomic E-state index is 0.0497. The highest BCUT2D eigenvalue weighted by Crippen LogP contribution is 2.25. The number of anilines is 1. The zero-order valence-corrected chi connectivity index (χ0v) is 16.6. The highest BCUT2D eigenvalue weighted by Gasteiger charge is 2.33. The van der Waals surface area contributed by atoms with Crippen molar-refractivity contribution in [2.45, 2.75) is 44.7 Å². The fourth-order valence-electron chi connectivity index (χ4n) is 4.32. The summed E-state index contributed by atoms with van der Waals surface area (Å²) in [6.45, 7) is 3.71. The summed E-state index contributed by atoms with van der Waals surface area (Å²) in [6.07, 6.45) is 4.96. The first-order valence-corrected chi connectivity index (χ1v) is 10.7. The molecule has 1 aromatic heterocycles. The van der Waals surface area contributed by atoms with Crippen molar-refractivity contribution in [3.05, 3.63) is 47.5 Å². The minimum Gasteiger partial charge on any atom is -0.368 e. The molecule has 29 heavy (non-hydrogen) atoms. The van der Waals surface area contributed by atoms with Crippen molar-refractivity contribution in [1.29, 1.82) is 0 Å². The lowest BCUT2D eigenvalue weighted by Crippen LogP contribution is -2.49. The molecular formula is C22H27N5O2. The van der Waals surface area contributed by atoms with Crippen LogP contribution < -0.4 is 10.2 Å². The molecular weight excluding hydrogens is 366 g/mol. The number of benzene rings is 1. The fourth-order valence-corrected chi connectivity index (χ4v) is 4.32. The van der Waals surface area contributed by atoms with Gasteiger partial charge in [-0.15, -0.1) is 0 Å². The summed E-state index contributed by atoms with van der Waals surface area (Å²) in [4.78, 5) is 34.7. The molecule has 2 amide bonds. The van der Waals surface area contributed by atoms with Crippen LogP contribution in [0.15, 0.2) is 30.3 Å². The fraction of sp³-hybridized carbons (Fsp3) is 0.500. The topological polar surface area (TPSA) is 70.5 Å². The van der Waals surface area contributed by atoms with Gasteiger partial charge >= 0.3 is 0 Å². The Labute approximate surface area is 170 Å².